The zero-order valence-corrected chi connectivity index (χ0v) is 9.63. The Morgan fingerprint density at radius 2 is 1.87 bits per heavy atom. The summed E-state index contributed by atoms with van der Waals surface area (Å²) < 4.78 is 25.7. The Bertz CT molecular complexity index is 319. The fourth-order valence-corrected chi connectivity index (χ4v) is 2.30. The van der Waals surface area contributed by atoms with Crippen molar-refractivity contribution in [1.82, 2.24) is 0 Å². The third-order valence-corrected chi connectivity index (χ3v) is 3.13. The van der Waals surface area contributed by atoms with E-state index in [4.69, 9.17) is 5.73 Å². The molecule has 0 radical (unpaired) electrons. The van der Waals surface area contributed by atoms with E-state index in [1.807, 2.05) is 0 Å². The third-order valence-electron chi connectivity index (χ3n) is 2.66. The second-order valence-corrected chi connectivity index (χ2v) is 5.61. The molecule has 1 rings (SSSR count). The molecule has 0 unspecified atom stereocenters. The quantitative estimate of drug-likeness (QED) is 0.715. The van der Waals surface area contributed by atoms with E-state index >= 15 is 0 Å². The lowest BCUT2D eigenvalue weighted by Gasteiger charge is -2.25. The van der Waals surface area contributed by atoms with Crippen molar-refractivity contribution in [1.29, 1.82) is 0 Å². The predicted octanol–water partition coefficient (Wildman–Crippen LogP) is 0.397. The van der Waals surface area contributed by atoms with Gasteiger partial charge in [-0.2, -0.15) is 8.42 Å². The van der Waals surface area contributed by atoms with Gasteiger partial charge in [-0.05, 0) is 18.8 Å². The van der Waals surface area contributed by atoms with E-state index in [0.29, 0.717) is 0 Å². The van der Waals surface area contributed by atoms with Crippen LogP contribution in [-0.2, 0) is 19.1 Å². The van der Waals surface area contributed by atoms with Gasteiger partial charge >= 0.3 is 16.1 Å². The zero-order valence-electron chi connectivity index (χ0n) is 8.81. The van der Waals surface area contributed by atoms with Crippen LogP contribution in [-0.4, -0.2) is 26.7 Å². The third kappa shape index (κ3) is 4.17. The molecule has 0 aromatic carbocycles. The van der Waals surface area contributed by atoms with E-state index in [2.05, 4.69) is 4.18 Å². The van der Waals surface area contributed by atoms with Gasteiger partial charge in [0.25, 0.3) is 0 Å². The molecule has 0 amide bonds. The van der Waals surface area contributed by atoms with Crippen molar-refractivity contribution in [3.8, 4) is 0 Å². The first kappa shape index (κ1) is 12.4. The molecule has 0 aromatic heterocycles. The molecule has 5 nitrogen and oxygen atoms in total. The lowest BCUT2D eigenvalue weighted by molar-refractivity contribution is -0.136. The van der Waals surface area contributed by atoms with Crippen LogP contribution in [0.3, 0.4) is 0 Å². The molecule has 1 atom stereocenters. The molecule has 15 heavy (non-hydrogen) atoms. The summed E-state index contributed by atoms with van der Waals surface area (Å²) >= 11 is 0. The van der Waals surface area contributed by atoms with Crippen molar-refractivity contribution in [2.24, 2.45) is 11.7 Å². The fraction of sp³-hybridized carbons (Fsp3) is 0.889. The highest BCUT2D eigenvalue weighted by Crippen LogP contribution is 2.26. The smallest absolute Gasteiger partial charge is 0.339 e. The summed E-state index contributed by atoms with van der Waals surface area (Å²) in [6.07, 6.45) is 5.85. The van der Waals surface area contributed by atoms with Crippen molar-refractivity contribution in [2.45, 2.75) is 38.1 Å². The van der Waals surface area contributed by atoms with E-state index in [9.17, 15) is 13.2 Å². The van der Waals surface area contributed by atoms with Crippen molar-refractivity contribution in [3.63, 3.8) is 0 Å². The Morgan fingerprint density at radius 3 is 2.33 bits per heavy atom. The van der Waals surface area contributed by atoms with Gasteiger partial charge in [-0.1, -0.05) is 19.3 Å². The van der Waals surface area contributed by atoms with E-state index in [1.165, 1.54) is 0 Å². The molecule has 6 heteroatoms. The highest BCUT2D eigenvalue weighted by molar-refractivity contribution is 7.86. The predicted molar refractivity (Wildman–Crippen MR) is 55.5 cm³/mol. The Hall–Kier alpha value is -0.620. The maximum atomic E-state index is 11.3. The molecule has 0 heterocycles. The van der Waals surface area contributed by atoms with Gasteiger partial charge in [-0.15, -0.1) is 0 Å². The van der Waals surface area contributed by atoms with Crippen molar-refractivity contribution < 1.29 is 17.4 Å². The molecule has 2 N–H and O–H groups in total. The Morgan fingerprint density at radius 1 is 1.33 bits per heavy atom. The van der Waals surface area contributed by atoms with Gasteiger partial charge < -0.3 is 9.92 Å². The van der Waals surface area contributed by atoms with Crippen LogP contribution in [0.1, 0.15) is 32.1 Å². The molecule has 0 aliphatic heterocycles. The summed E-state index contributed by atoms with van der Waals surface area (Å²) in [5, 5.41) is 0. The fourth-order valence-electron chi connectivity index (χ4n) is 1.89. The number of nitrogens with two attached hydrogens (primary N) is 1. The lowest BCUT2D eigenvalue weighted by Crippen LogP contribution is -2.41. The van der Waals surface area contributed by atoms with Crippen molar-refractivity contribution in [3.05, 3.63) is 0 Å². The average Bonchev–Trinajstić information content (AvgIpc) is 2.15. The average molecular weight is 235 g/mol. The largest absolute Gasteiger partial charge is 0.344 e. The normalized spacial score (nSPS) is 20.9. The maximum Gasteiger partial charge on any atom is 0.339 e. The summed E-state index contributed by atoms with van der Waals surface area (Å²) in [5.41, 5.74) is 5.66. The molecule has 1 fully saturated rings. The maximum absolute atomic E-state index is 11.3. The van der Waals surface area contributed by atoms with E-state index < -0.39 is 22.1 Å². The van der Waals surface area contributed by atoms with Gasteiger partial charge in [0, 0.05) is 0 Å². The molecule has 0 bridgehead atoms. The Labute approximate surface area is 90.1 Å². The first-order valence-corrected chi connectivity index (χ1v) is 6.90. The molecule has 0 aromatic rings. The van der Waals surface area contributed by atoms with E-state index in [-0.39, 0.29) is 5.92 Å². The Kier molecular flexibility index (Phi) is 4.10. The lowest BCUT2D eigenvalue weighted by atomic mass is 9.84. The minimum Gasteiger partial charge on any atom is -0.344 e. The molecule has 1 aliphatic carbocycles. The van der Waals surface area contributed by atoms with Crippen molar-refractivity contribution >= 4 is 16.1 Å². The molecular formula is C9H17NO4S. The van der Waals surface area contributed by atoms with Gasteiger partial charge in [0.05, 0.1) is 6.26 Å². The summed E-state index contributed by atoms with van der Waals surface area (Å²) in [5.74, 6) is -0.766. The van der Waals surface area contributed by atoms with Crippen molar-refractivity contribution in [2.75, 3.05) is 6.26 Å². The number of hydrogen-bond donors (Lipinski definition) is 1. The van der Waals surface area contributed by atoms with E-state index in [1.54, 1.807) is 0 Å². The van der Waals surface area contributed by atoms with Gasteiger partial charge in [0.15, 0.2) is 0 Å². The van der Waals surface area contributed by atoms with Crippen LogP contribution >= 0.6 is 0 Å². The van der Waals surface area contributed by atoms with Crippen LogP contribution in [0, 0.1) is 5.92 Å². The summed E-state index contributed by atoms with van der Waals surface area (Å²) in [6.45, 7) is 0. The second kappa shape index (κ2) is 4.94. The molecule has 1 aliphatic rings. The highest BCUT2D eigenvalue weighted by atomic mass is 32.2. The number of hydrogen-bond acceptors (Lipinski definition) is 5. The topological polar surface area (TPSA) is 86.5 Å². The number of carbonyl (C=O) groups is 1. The molecule has 0 saturated heterocycles. The van der Waals surface area contributed by atoms with E-state index in [0.717, 1.165) is 38.4 Å². The van der Waals surface area contributed by atoms with Crippen LogP contribution in [0.4, 0.5) is 0 Å². The van der Waals surface area contributed by atoms with Gasteiger partial charge in [0.2, 0.25) is 0 Å². The Balaban J connectivity index is 2.51. The van der Waals surface area contributed by atoms with Gasteiger partial charge in [0.1, 0.15) is 6.04 Å². The minimum atomic E-state index is -3.74. The first-order valence-electron chi connectivity index (χ1n) is 5.09. The standard InChI is InChI=1S/C9H17NO4S/c1-15(12,13)14-9(11)8(10)7-5-3-2-4-6-7/h7-8H,2-6,10H2,1H3/t8-/m1/s1. The molecule has 0 spiro atoms. The van der Waals surface area contributed by atoms with Crippen LogP contribution in [0.5, 0.6) is 0 Å². The van der Waals surface area contributed by atoms with Crippen LogP contribution in [0.25, 0.3) is 0 Å². The molecule has 1 saturated carbocycles. The number of carbonyl (C=O) groups excluding carboxylic acids is 1. The highest BCUT2D eigenvalue weighted by Gasteiger charge is 2.29. The molecule has 88 valence electrons. The number of rotatable bonds is 3. The van der Waals surface area contributed by atoms with Crippen LogP contribution in [0.2, 0.25) is 0 Å². The van der Waals surface area contributed by atoms with Gasteiger partial charge in [-0.3, -0.25) is 0 Å². The summed E-state index contributed by atoms with van der Waals surface area (Å²) in [4.78, 5) is 11.3. The monoisotopic (exact) mass is 235 g/mol. The summed E-state index contributed by atoms with van der Waals surface area (Å²) in [7, 11) is -3.74. The first-order chi connectivity index (χ1) is 6.90. The zero-order chi connectivity index (χ0) is 11.5. The van der Waals surface area contributed by atoms with Crippen LogP contribution < -0.4 is 5.73 Å². The minimum absolute atomic E-state index is 0.0630. The molecular weight excluding hydrogens is 218 g/mol. The summed E-state index contributed by atoms with van der Waals surface area (Å²) in [6, 6.07) is -0.806. The van der Waals surface area contributed by atoms with Crippen LogP contribution in [0.15, 0.2) is 0 Å². The second-order valence-electron chi connectivity index (χ2n) is 4.03. The SMILES string of the molecule is CS(=O)(=O)OC(=O)[C@H](N)C1CCCCC1. The van der Waals surface area contributed by atoms with Gasteiger partial charge in [-0.25, -0.2) is 4.79 Å².